The SMILES string of the molecule is CC1(C)C2[C@@H](CO)N(C(=O)O)CC21F. The molecule has 2 fully saturated rings. The van der Waals surface area contributed by atoms with Gasteiger partial charge in [-0.3, -0.25) is 4.90 Å². The number of alkyl halides is 1. The number of hydrogen-bond acceptors (Lipinski definition) is 2. The van der Waals surface area contributed by atoms with Crippen LogP contribution in [0, 0.1) is 11.3 Å². The molecule has 0 aromatic heterocycles. The summed E-state index contributed by atoms with van der Waals surface area (Å²) < 4.78 is 14.1. The van der Waals surface area contributed by atoms with Crippen LogP contribution < -0.4 is 0 Å². The molecule has 0 radical (unpaired) electrons. The molecule has 0 aromatic carbocycles. The number of piperidine rings is 1. The van der Waals surface area contributed by atoms with Crippen molar-refractivity contribution >= 4 is 6.09 Å². The van der Waals surface area contributed by atoms with Gasteiger partial charge in [-0.2, -0.15) is 0 Å². The summed E-state index contributed by atoms with van der Waals surface area (Å²) in [7, 11) is 0. The lowest BCUT2D eigenvalue weighted by molar-refractivity contribution is 0.0854. The number of aliphatic hydroxyl groups excluding tert-OH is 1. The van der Waals surface area contributed by atoms with Crippen molar-refractivity contribution in [3.05, 3.63) is 0 Å². The standard InChI is InChI=1S/C9H14FNO3/c1-8(2)6-5(3-12)11(7(13)14)4-9(6,8)10/h5-6,12H,3-4H2,1-2H3,(H,13,14)/t5-,6?,9?/m1/s1. The molecule has 14 heavy (non-hydrogen) atoms. The molecule has 0 bridgehead atoms. The second-order valence-corrected chi connectivity index (χ2v) is 4.72. The largest absolute Gasteiger partial charge is 0.465 e. The zero-order valence-corrected chi connectivity index (χ0v) is 8.20. The highest BCUT2D eigenvalue weighted by molar-refractivity contribution is 5.67. The van der Waals surface area contributed by atoms with Crippen LogP contribution >= 0.6 is 0 Å². The normalized spacial score (nSPS) is 43.6. The number of nitrogens with zero attached hydrogens (tertiary/aromatic N) is 1. The first kappa shape index (κ1) is 9.71. The van der Waals surface area contributed by atoms with Crippen LogP contribution in [0.4, 0.5) is 9.18 Å². The maximum Gasteiger partial charge on any atom is 0.407 e. The molecule has 5 heteroatoms. The van der Waals surface area contributed by atoms with E-state index in [0.29, 0.717) is 0 Å². The van der Waals surface area contributed by atoms with Crippen molar-refractivity contribution in [1.82, 2.24) is 4.90 Å². The predicted molar refractivity (Wildman–Crippen MR) is 46.7 cm³/mol. The van der Waals surface area contributed by atoms with Gasteiger partial charge < -0.3 is 10.2 Å². The van der Waals surface area contributed by atoms with Crippen LogP contribution in [0.15, 0.2) is 0 Å². The van der Waals surface area contributed by atoms with Crippen molar-refractivity contribution in [2.75, 3.05) is 13.2 Å². The summed E-state index contributed by atoms with van der Waals surface area (Å²) in [6, 6.07) is -0.576. The van der Waals surface area contributed by atoms with Gasteiger partial charge >= 0.3 is 6.09 Å². The van der Waals surface area contributed by atoms with Crippen molar-refractivity contribution in [3.8, 4) is 0 Å². The van der Waals surface area contributed by atoms with Gasteiger partial charge in [-0.1, -0.05) is 13.8 Å². The Hall–Kier alpha value is -0.840. The third-order valence-corrected chi connectivity index (χ3v) is 3.88. The van der Waals surface area contributed by atoms with E-state index in [4.69, 9.17) is 10.2 Å². The van der Waals surface area contributed by atoms with Crippen molar-refractivity contribution in [2.45, 2.75) is 25.6 Å². The van der Waals surface area contributed by atoms with Gasteiger partial charge in [-0.25, -0.2) is 9.18 Å². The number of likely N-dealkylation sites (tertiary alicyclic amines) is 1. The van der Waals surface area contributed by atoms with Gasteiger partial charge in [0, 0.05) is 11.3 Å². The number of halogens is 1. The van der Waals surface area contributed by atoms with Crippen LogP contribution in [0.2, 0.25) is 0 Å². The van der Waals surface area contributed by atoms with Crippen LogP contribution in [-0.4, -0.2) is 46.1 Å². The summed E-state index contributed by atoms with van der Waals surface area (Å²) in [6.45, 7) is 3.15. The molecule has 2 rings (SSSR count). The minimum atomic E-state index is -1.43. The lowest BCUT2D eigenvalue weighted by Crippen LogP contribution is -2.43. The van der Waals surface area contributed by atoms with E-state index in [1.807, 2.05) is 0 Å². The molecule has 2 aliphatic rings. The molecule has 3 atom stereocenters. The lowest BCUT2D eigenvalue weighted by atomic mass is 10.0. The van der Waals surface area contributed by atoms with E-state index in [1.165, 1.54) is 0 Å². The maximum atomic E-state index is 14.1. The van der Waals surface area contributed by atoms with Gasteiger partial charge in [0.1, 0.15) is 5.67 Å². The number of carboxylic acid groups (broad SMARTS) is 1. The second-order valence-electron chi connectivity index (χ2n) is 4.72. The van der Waals surface area contributed by atoms with Gasteiger partial charge in [0.25, 0.3) is 0 Å². The Balaban J connectivity index is 2.24. The fourth-order valence-electron chi connectivity index (χ4n) is 2.89. The van der Waals surface area contributed by atoms with Crippen molar-refractivity contribution in [3.63, 3.8) is 0 Å². The first-order valence-corrected chi connectivity index (χ1v) is 4.65. The average molecular weight is 203 g/mol. The van der Waals surface area contributed by atoms with Gasteiger partial charge in [0.2, 0.25) is 0 Å². The highest BCUT2D eigenvalue weighted by Crippen LogP contribution is 2.70. The molecule has 2 N–H and O–H groups in total. The predicted octanol–water partition coefficient (Wildman–Crippen LogP) is 0.705. The molecule has 1 aliphatic heterocycles. The van der Waals surface area contributed by atoms with E-state index < -0.39 is 23.2 Å². The highest BCUT2D eigenvalue weighted by Gasteiger charge is 2.80. The van der Waals surface area contributed by atoms with E-state index in [9.17, 15) is 9.18 Å². The molecule has 0 aromatic rings. The number of fused-ring (bicyclic) bond motifs is 1. The Morgan fingerprint density at radius 2 is 2.21 bits per heavy atom. The van der Waals surface area contributed by atoms with Crippen molar-refractivity contribution in [1.29, 1.82) is 0 Å². The fourth-order valence-corrected chi connectivity index (χ4v) is 2.89. The van der Waals surface area contributed by atoms with E-state index in [-0.39, 0.29) is 19.1 Å². The highest BCUT2D eigenvalue weighted by atomic mass is 19.1. The monoisotopic (exact) mass is 203 g/mol. The van der Waals surface area contributed by atoms with Crippen molar-refractivity contribution < 1.29 is 19.4 Å². The number of aliphatic hydroxyl groups is 1. The number of amides is 1. The zero-order chi connectivity index (χ0) is 10.7. The minimum Gasteiger partial charge on any atom is -0.465 e. The van der Waals surface area contributed by atoms with Crippen LogP contribution in [0.3, 0.4) is 0 Å². The summed E-state index contributed by atoms with van der Waals surface area (Å²) in [5.74, 6) is -0.351. The van der Waals surface area contributed by atoms with Crippen LogP contribution in [0.25, 0.3) is 0 Å². The van der Waals surface area contributed by atoms with Crippen LogP contribution in [-0.2, 0) is 0 Å². The van der Waals surface area contributed by atoms with E-state index in [0.717, 1.165) is 4.90 Å². The Bertz CT molecular complexity index is 294. The number of hydrogen-bond donors (Lipinski definition) is 2. The Morgan fingerprint density at radius 1 is 1.64 bits per heavy atom. The first-order chi connectivity index (χ1) is 6.36. The average Bonchev–Trinajstić information content (AvgIpc) is 2.44. The molecule has 0 spiro atoms. The smallest absolute Gasteiger partial charge is 0.407 e. The second kappa shape index (κ2) is 2.39. The first-order valence-electron chi connectivity index (χ1n) is 4.65. The molecule has 1 aliphatic carbocycles. The summed E-state index contributed by atoms with van der Waals surface area (Å²) >= 11 is 0. The molecule has 1 heterocycles. The molecule has 80 valence electrons. The summed E-state index contributed by atoms with van der Waals surface area (Å²) in [5, 5.41) is 17.8. The third kappa shape index (κ3) is 0.834. The molecule has 1 amide bonds. The van der Waals surface area contributed by atoms with Gasteiger partial charge in [-0.05, 0) is 0 Å². The third-order valence-electron chi connectivity index (χ3n) is 3.88. The molecule has 2 unspecified atom stereocenters. The van der Waals surface area contributed by atoms with Crippen molar-refractivity contribution in [2.24, 2.45) is 11.3 Å². The Morgan fingerprint density at radius 3 is 2.64 bits per heavy atom. The summed E-state index contributed by atoms with van der Waals surface area (Å²) in [6.07, 6.45) is -1.15. The van der Waals surface area contributed by atoms with E-state index in [1.54, 1.807) is 13.8 Å². The van der Waals surface area contributed by atoms with Gasteiger partial charge in [-0.15, -0.1) is 0 Å². The molecular formula is C9H14FNO3. The maximum absolute atomic E-state index is 14.1. The molecule has 4 nitrogen and oxygen atoms in total. The van der Waals surface area contributed by atoms with E-state index >= 15 is 0 Å². The van der Waals surface area contributed by atoms with Gasteiger partial charge in [0.15, 0.2) is 0 Å². The fraction of sp³-hybridized carbons (Fsp3) is 0.889. The number of carbonyl (C=O) groups is 1. The van der Waals surface area contributed by atoms with E-state index in [2.05, 4.69) is 0 Å². The summed E-state index contributed by atoms with van der Waals surface area (Å²) in [5.41, 5.74) is -1.93. The van der Waals surface area contributed by atoms with Gasteiger partial charge in [0.05, 0.1) is 19.2 Å². The zero-order valence-electron chi connectivity index (χ0n) is 8.20. The summed E-state index contributed by atoms with van der Waals surface area (Å²) in [4.78, 5) is 11.7. The quantitative estimate of drug-likeness (QED) is 0.659. The lowest BCUT2D eigenvalue weighted by Gasteiger charge is -2.26. The van der Waals surface area contributed by atoms with Crippen LogP contribution in [0.5, 0.6) is 0 Å². The molecule has 1 saturated carbocycles. The Kier molecular flexibility index (Phi) is 1.66. The molecule has 1 saturated heterocycles. The van der Waals surface area contributed by atoms with Crippen LogP contribution in [0.1, 0.15) is 13.8 Å². The number of rotatable bonds is 1. The Labute approximate surface area is 81.3 Å². The molecular weight excluding hydrogens is 189 g/mol. The topological polar surface area (TPSA) is 60.8 Å². The minimum absolute atomic E-state index is 0.106.